The number of carboxylic acids is 1. The normalized spacial score (nSPS) is 23.5. The molecule has 1 aromatic rings. The van der Waals surface area contributed by atoms with Gasteiger partial charge in [-0.2, -0.15) is 13.2 Å². The summed E-state index contributed by atoms with van der Waals surface area (Å²) in [6.07, 6.45) is -4.10. The Morgan fingerprint density at radius 3 is 2.47 bits per heavy atom. The molecule has 1 aromatic carbocycles. The number of aliphatic carboxylic acids is 1. The van der Waals surface area contributed by atoms with E-state index in [1.54, 1.807) is 0 Å². The molecule has 2 rings (SSSR count). The van der Waals surface area contributed by atoms with Crippen LogP contribution < -0.4 is 0 Å². The maximum Gasteiger partial charge on any atom is 0.416 e. The molecular weight excluding hydrogens is 257 g/mol. The van der Waals surface area contributed by atoms with Crippen molar-refractivity contribution in [3.8, 4) is 0 Å². The molecule has 0 heterocycles. The fourth-order valence-corrected chi connectivity index (χ4v) is 2.07. The van der Waals surface area contributed by atoms with Gasteiger partial charge in [0.1, 0.15) is 0 Å². The Hall–Kier alpha value is -1.23. The van der Waals surface area contributed by atoms with Gasteiger partial charge in [-0.3, -0.25) is 4.79 Å². The van der Waals surface area contributed by atoms with Crippen LogP contribution in [0.5, 0.6) is 0 Å². The number of rotatable bonds is 2. The molecule has 92 valence electrons. The van der Waals surface area contributed by atoms with Crippen molar-refractivity contribution >= 4 is 17.6 Å². The molecule has 2 unspecified atom stereocenters. The van der Waals surface area contributed by atoms with Gasteiger partial charge < -0.3 is 5.11 Å². The number of carboxylic acid groups (broad SMARTS) is 1. The molecule has 0 aliphatic heterocycles. The van der Waals surface area contributed by atoms with E-state index in [-0.39, 0.29) is 10.9 Å². The Morgan fingerprint density at radius 2 is 2.00 bits per heavy atom. The first-order valence-corrected chi connectivity index (χ1v) is 5.27. The third-order valence-electron chi connectivity index (χ3n) is 2.78. The molecule has 1 N–H and O–H groups in total. The van der Waals surface area contributed by atoms with Crippen LogP contribution in [0, 0.1) is 5.92 Å². The lowest BCUT2D eigenvalue weighted by Crippen LogP contribution is -2.06. The molecule has 1 fully saturated rings. The molecule has 0 aromatic heterocycles. The first kappa shape index (κ1) is 12.2. The molecule has 1 aliphatic rings. The van der Waals surface area contributed by atoms with Crippen molar-refractivity contribution in [2.75, 3.05) is 0 Å². The van der Waals surface area contributed by atoms with Crippen molar-refractivity contribution < 1.29 is 23.1 Å². The van der Waals surface area contributed by atoms with Gasteiger partial charge in [-0.25, -0.2) is 0 Å². The number of benzene rings is 1. The summed E-state index contributed by atoms with van der Waals surface area (Å²) in [5, 5.41) is 8.71. The second-order valence-corrected chi connectivity index (χ2v) is 4.49. The highest BCUT2D eigenvalue weighted by Gasteiger charge is 2.45. The summed E-state index contributed by atoms with van der Waals surface area (Å²) < 4.78 is 37.5. The molecule has 2 nitrogen and oxygen atoms in total. The van der Waals surface area contributed by atoms with Crippen molar-refractivity contribution in [2.24, 2.45) is 5.92 Å². The lowest BCUT2D eigenvalue weighted by atomic mass is 10.1. The van der Waals surface area contributed by atoms with Crippen molar-refractivity contribution in [1.82, 2.24) is 0 Å². The van der Waals surface area contributed by atoms with Crippen LogP contribution in [0.25, 0.3) is 0 Å². The van der Waals surface area contributed by atoms with E-state index in [1.807, 2.05) is 0 Å². The van der Waals surface area contributed by atoms with Gasteiger partial charge in [0.15, 0.2) is 0 Å². The zero-order valence-corrected chi connectivity index (χ0v) is 9.22. The van der Waals surface area contributed by atoms with E-state index >= 15 is 0 Å². The Kier molecular flexibility index (Phi) is 2.81. The summed E-state index contributed by atoms with van der Waals surface area (Å²) in [5.41, 5.74) is -0.492. The number of halogens is 4. The molecule has 0 bridgehead atoms. The largest absolute Gasteiger partial charge is 0.481 e. The highest BCUT2D eigenvalue weighted by atomic mass is 35.5. The minimum atomic E-state index is -4.47. The van der Waals surface area contributed by atoms with Gasteiger partial charge in [0.2, 0.25) is 0 Å². The van der Waals surface area contributed by atoms with E-state index in [9.17, 15) is 18.0 Å². The minimum Gasteiger partial charge on any atom is -0.481 e. The molecular formula is C11H8ClF3O2. The first-order valence-electron chi connectivity index (χ1n) is 4.89. The van der Waals surface area contributed by atoms with E-state index in [4.69, 9.17) is 16.7 Å². The summed E-state index contributed by atoms with van der Waals surface area (Å²) in [6, 6.07) is 3.20. The Morgan fingerprint density at radius 1 is 1.35 bits per heavy atom. The van der Waals surface area contributed by atoms with Crippen molar-refractivity contribution in [3.05, 3.63) is 34.3 Å². The molecule has 6 heteroatoms. The average molecular weight is 265 g/mol. The van der Waals surface area contributed by atoms with Gasteiger partial charge in [-0.15, -0.1) is 0 Å². The van der Waals surface area contributed by atoms with Gasteiger partial charge in [0.25, 0.3) is 0 Å². The molecule has 0 saturated heterocycles. The standard InChI is InChI=1S/C11H8ClF3O2/c12-7-2-5(8-4-9(8)10(16)17)1-6(3-7)11(13,14)15/h1-3,8-9H,4H2,(H,16,17). The average Bonchev–Trinajstić information content (AvgIpc) is 2.94. The number of hydrogen-bond acceptors (Lipinski definition) is 1. The number of hydrogen-bond donors (Lipinski definition) is 1. The molecule has 0 spiro atoms. The van der Waals surface area contributed by atoms with Crippen LogP contribution in [0.15, 0.2) is 18.2 Å². The molecule has 1 saturated carbocycles. The summed E-state index contributed by atoms with van der Waals surface area (Å²) in [4.78, 5) is 10.7. The number of alkyl halides is 3. The molecule has 1 aliphatic carbocycles. The first-order chi connectivity index (χ1) is 7.79. The van der Waals surface area contributed by atoms with E-state index in [0.717, 1.165) is 12.1 Å². The monoisotopic (exact) mass is 264 g/mol. The SMILES string of the molecule is O=C(O)C1CC1c1cc(Cl)cc(C(F)(F)F)c1. The molecule has 0 radical (unpaired) electrons. The number of carbonyl (C=O) groups is 1. The summed E-state index contributed by atoms with van der Waals surface area (Å²) >= 11 is 5.61. The van der Waals surface area contributed by atoms with E-state index in [2.05, 4.69) is 0 Å². The van der Waals surface area contributed by atoms with Crippen molar-refractivity contribution in [2.45, 2.75) is 18.5 Å². The topological polar surface area (TPSA) is 37.3 Å². The smallest absolute Gasteiger partial charge is 0.416 e. The van der Waals surface area contributed by atoms with Crippen molar-refractivity contribution in [3.63, 3.8) is 0 Å². The van der Waals surface area contributed by atoms with E-state index in [1.165, 1.54) is 6.07 Å². The predicted octanol–water partition coefficient (Wildman–Crippen LogP) is 3.55. The Balaban J connectivity index is 2.31. The second-order valence-electron chi connectivity index (χ2n) is 4.06. The quantitative estimate of drug-likeness (QED) is 0.887. The minimum absolute atomic E-state index is 0.0223. The van der Waals surface area contributed by atoms with Gasteiger partial charge >= 0.3 is 12.1 Å². The van der Waals surface area contributed by atoms with Crippen LogP contribution in [0.2, 0.25) is 5.02 Å². The summed E-state index contributed by atoms with van der Waals surface area (Å²) in [7, 11) is 0. The van der Waals surface area contributed by atoms with Crippen LogP contribution in [0.1, 0.15) is 23.5 Å². The van der Waals surface area contributed by atoms with Crippen LogP contribution in [-0.2, 0) is 11.0 Å². The summed E-state index contributed by atoms with van der Waals surface area (Å²) in [6.45, 7) is 0. The summed E-state index contributed by atoms with van der Waals surface area (Å²) in [5.74, 6) is -1.93. The van der Waals surface area contributed by atoms with E-state index in [0.29, 0.717) is 12.0 Å². The zero-order chi connectivity index (χ0) is 12.8. The second kappa shape index (κ2) is 3.91. The van der Waals surface area contributed by atoms with Crippen LogP contribution in [-0.4, -0.2) is 11.1 Å². The van der Waals surface area contributed by atoms with Gasteiger partial charge in [0, 0.05) is 5.02 Å². The van der Waals surface area contributed by atoms with Crippen molar-refractivity contribution in [1.29, 1.82) is 0 Å². The Labute approximate surface area is 100 Å². The zero-order valence-electron chi connectivity index (χ0n) is 8.46. The van der Waals surface area contributed by atoms with Gasteiger partial charge in [0.05, 0.1) is 11.5 Å². The van der Waals surface area contributed by atoms with Crippen LogP contribution >= 0.6 is 11.6 Å². The van der Waals surface area contributed by atoms with Crippen LogP contribution in [0.3, 0.4) is 0 Å². The molecule has 0 amide bonds. The fourth-order valence-electron chi connectivity index (χ4n) is 1.83. The van der Waals surface area contributed by atoms with Crippen LogP contribution in [0.4, 0.5) is 13.2 Å². The maximum absolute atomic E-state index is 12.5. The third kappa shape index (κ3) is 2.54. The predicted molar refractivity (Wildman–Crippen MR) is 54.9 cm³/mol. The lowest BCUT2D eigenvalue weighted by Gasteiger charge is -2.09. The highest BCUT2D eigenvalue weighted by molar-refractivity contribution is 6.30. The fraction of sp³-hybridized carbons (Fsp3) is 0.364. The highest BCUT2D eigenvalue weighted by Crippen LogP contribution is 2.49. The van der Waals surface area contributed by atoms with Gasteiger partial charge in [-0.1, -0.05) is 11.6 Å². The lowest BCUT2D eigenvalue weighted by molar-refractivity contribution is -0.138. The van der Waals surface area contributed by atoms with E-state index < -0.39 is 23.6 Å². The Bertz CT molecular complexity index is 470. The maximum atomic E-state index is 12.5. The third-order valence-corrected chi connectivity index (χ3v) is 3.00. The molecule has 2 atom stereocenters. The molecule has 17 heavy (non-hydrogen) atoms. The van der Waals surface area contributed by atoms with Gasteiger partial charge in [-0.05, 0) is 36.1 Å².